The summed E-state index contributed by atoms with van der Waals surface area (Å²) in [5, 5.41) is 4.40. The Morgan fingerprint density at radius 3 is 2.56 bits per heavy atom. The molecule has 2 rings (SSSR count). The number of benzene rings is 1. The lowest BCUT2D eigenvalue weighted by Gasteiger charge is -2.23. The van der Waals surface area contributed by atoms with Crippen LogP contribution in [0.4, 0.5) is 0 Å². The van der Waals surface area contributed by atoms with E-state index in [9.17, 15) is 0 Å². The van der Waals surface area contributed by atoms with Gasteiger partial charge in [0.15, 0.2) is 6.29 Å². The van der Waals surface area contributed by atoms with Crippen LogP contribution in [0.15, 0.2) is 34.7 Å². The van der Waals surface area contributed by atoms with E-state index in [1.165, 1.54) is 0 Å². The highest BCUT2D eigenvalue weighted by Crippen LogP contribution is 2.26. The van der Waals surface area contributed by atoms with Crippen LogP contribution in [0.1, 0.15) is 18.7 Å². The molecule has 0 radical (unpaired) electrons. The Balaban J connectivity index is 2.34. The van der Waals surface area contributed by atoms with Crippen LogP contribution in [0.25, 0.3) is 11.0 Å². The summed E-state index contributed by atoms with van der Waals surface area (Å²) in [6.45, 7) is 2.85. The summed E-state index contributed by atoms with van der Waals surface area (Å²) in [4.78, 5) is 0. The number of rotatable bonds is 6. The molecule has 98 valence electrons. The summed E-state index contributed by atoms with van der Waals surface area (Å²) in [7, 11) is 3.25. The Morgan fingerprint density at radius 2 is 1.94 bits per heavy atom. The van der Waals surface area contributed by atoms with Gasteiger partial charge < -0.3 is 19.2 Å². The molecule has 0 spiro atoms. The molecule has 0 aliphatic carbocycles. The highest BCUT2D eigenvalue weighted by Gasteiger charge is 2.25. The van der Waals surface area contributed by atoms with Crippen LogP contribution < -0.4 is 5.32 Å². The zero-order valence-electron chi connectivity index (χ0n) is 11.0. The minimum atomic E-state index is -0.370. The van der Waals surface area contributed by atoms with Gasteiger partial charge in [0.25, 0.3) is 0 Å². The summed E-state index contributed by atoms with van der Waals surface area (Å²) in [5.74, 6) is 0.826. The molecule has 0 saturated carbocycles. The molecule has 4 nitrogen and oxygen atoms in total. The minimum Gasteiger partial charge on any atom is -0.459 e. The second-order valence-corrected chi connectivity index (χ2v) is 4.06. The van der Waals surface area contributed by atoms with Gasteiger partial charge in [-0.05, 0) is 18.7 Å². The molecule has 1 N–H and O–H groups in total. The van der Waals surface area contributed by atoms with Crippen molar-refractivity contribution >= 4 is 11.0 Å². The van der Waals surface area contributed by atoms with E-state index in [1.807, 2.05) is 37.3 Å². The van der Waals surface area contributed by atoms with E-state index in [0.29, 0.717) is 0 Å². The number of hydrogen-bond acceptors (Lipinski definition) is 4. The van der Waals surface area contributed by atoms with Crippen molar-refractivity contribution in [2.45, 2.75) is 19.3 Å². The fraction of sp³-hybridized carbons (Fsp3) is 0.429. The highest BCUT2D eigenvalue weighted by molar-refractivity contribution is 5.77. The van der Waals surface area contributed by atoms with Gasteiger partial charge in [0.2, 0.25) is 0 Å². The van der Waals surface area contributed by atoms with Crippen molar-refractivity contribution in [2.75, 3.05) is 20.8 Å². The Bertz CT molecular complexity index is 457. The molecule has 1 aromatic heterocycles. The lowest BCUT2D eigenvalue weighted by molar-refractivity contribution is -0.126. The average Bonchev–Trinajstić information content (AvgIpc) is 2.82. The van der Waals surface area contributed by atoms with Crippen molar-refractivity contribution in [3.05, 3.63) is 36.1 Å². The van der Waals surface area contributed by atoms with E-state index >= 15 is 0 Å². The maximum atomic E-state index is 5.84. The Hall–Kier alpha value is -1.36. The number of methoxy groups -OCH3 is 2. The van der Waals surface area contributed by atoms with Crippen molar-refractivity contribution in [2.24, 2.45) is 0 Å². The van der Waals surface area contributed by atoms with Gasteiger partial charge in [0, 0.05) is 19.6 Å². The van der Waals surface area contributed by atoms with Gasteiger partial charge in [-0.25, -0.2) is 0 Å². The van der Waals surface area contributed by atoms with E-state index in [1.54, 1.807) is 14.2 Å². The first kappa shape index (κ1) is 13.1. The second-order valence-electron chi connectivity index (χ2n) is 4.06. The molecule has 0 fully saturated rings. The molecule has 0 aliphatic heterocycles. The van der Waals surface area contributed by atoms with Crippen LogP contribution >= 0.6 is 0 Å². The van der Waals surface area contributed by atoms with E-state index in [2.05, 4.69) is 5.32 Å². The molecule has 1 unspecified atom stereocenters. The molecule has 0 aliphatic rings. The van der Waals surface area contributed by atoms with Gasteiger partial charge in [0.05, 0.1) is 0 Å². The summed E-state index contributed by atoms with van der Waals surface area (Å²) in [6, 6.07) is 9.84. The van der Waals surface area contributed by atoms with Gasteiger partial charge in [-0.15, -0.1) is 0 Å². The molecular formula is C14H19NO3. The lowest BCUT2D eigenvalue weighted by atomic mass is 10.2. The average molecular weight is 249 g/mol. The number of nitrogens with one attached hydrogen (secondary N) is 1. The molecule has 4 heteroatoms. The van der Waals surface area contributed by atoms with Gasteiger partial charge in [-0.3, -0.25) is 0 Å². The van der Waals surface area contributed by atoms with Gasteiger partial charge in [-0.2, -0.15) is 0 Å². The number of hydrogen-bond donors (Lipinski definition) is 1. The smallest absolute Gasteiger partial charge is 0.179 e. The summed E-state index contributed by atoms with van der Waals surface area (Å²) in [5.41, 5.74) is 0.876. The fourth-order valence-corrected chi connectivity index (χ4v) is 2.07. The molecule has 18 heavy (non-hydrogen) atoms. The standard InChI is InChI=1S/C14H19NO3/c1-4-15-13(14(16-2)17-3)12-9-10-7-5-6-8-11(10)18-12/h5-9,13-15H,4H2,1-3H3. The first-order valence-corrected chi connectivity index (χ1v) is 6.07. The number of fused-ring (bicyclic) bond motifs is 1. The quantitative estimate of drug-likeness (QED) is 0.799. The normalized spacial score (nSPS) is 13.3. The van der Waals surface area contributed by atoms with Crippen LogP contribution in [0.5, 0.6) is 0 Å². The molecule has 2 aromatic rings. The van der Waals surface area contributed by atoms with Crippen molar-refractivity contribution in [3.63, 3.8) is 0 Å². The van der Waals surface area contributed by atoms with Gasteiger partial charge in [-0.1, -0.05) is 25.1 Å². The maximum Gasteiger partial charge on any atom is 0.179 e. The van der Waals surface area contributed by atoms with E-state index in [0.717, 1.165) is 23.3 Å². The second kappa shape index (κ2) is 6.00. The predicted octanol–water partition coefficient (Wildman–Crippen LogP) is 2.70. The van der Waals surface area contributed by atoms with Crippen LogP contribution in [-0.2, 0) is 9.47 Å². The summed E-state index contributed by atoms with van der Waals surface area (Å²) >= 11 is 0. The van der Waals surface area contributed by atoms with E-state index in [-0.39, 0.29) is 12.3 Å². The number of para-hydroxylation sites is 1. The highest BCUT2D eigenvalue weighted by atomic mass is 16.7. The molecule has 0 bridgehead atoms. The molecule has 0 amide bonds. The Kier molecular flexibility index (Phi) is 4.36. The third kappa shape index (κ3) is 2.56. The summed E-state index contributed by atoms with van der Waals surface area (Å²) in [6.07, 6.45) is -0.370. The van der Waals surface area contributed by atoms with Crippen molar-refractivity contribution in [1.82, 2.24) is 5.32 Å². The van der Waals surface area contributed by atoms with Gasteiger partial charge >= 0.3 is 0 Å². The number of ether oxygens (including phenoxy) is 2. The monoisotopic (exact) mass is 249 g/mol. The number of furan rings is 1. The molecule has 1 heterocycles. The molecule has 1 aromatic carbocycles. The van der Waals surface area contributed by atoms with Crippen molar-refractivity contribution in [1.29, 1.82) is 0 Å². The van der Waals surface area contributed by atoms with E-state index in [4.69, 9.17) is 13.9 Å². The van der Waals surface area contributed by atoms with E-state index < -0.39 is 0 Å². The topological polar surface area (TPSA) is 43.6 Å². The largest absolute Gasteiger partial charge is 0.459 e. The van der Waals surface area contributed by atoms with Crippen LogP contribution in [0.2, 0.25) is 0 Å². The Labute approximate surface area is 107 Å². The first-order valence-electron chi connectivity index (χ1n) is 6.07. The molecular weight excluding hydrogens is 230 g/mol. The lowest BCUT2D eigenvalue weighted by Crippen LogP contribution is -2.34. The molecule has 1 atom stereocenters. The minimum absolute atomic E-state index is 0.114. The van der Waals surface area contributed by atoms with Crippen LogP contribution in [0, 0.1) is 0 Å². The van der Waals surface area contributed by atoms with Crippen LogP contribution in [0.3, 0.4) is 0 Å². The van der Waals surface area contributed by atoms with Gasteiger partial charge in [0.1, 0.15) is 17.4 Å². The first-order chi connectivity index (χ1) is 8.80. The molecule has 0 saturated heterocycles. The Morgan fingerprint density at radius 1 is 1.22 bits per heavy atom. The SMILES string of the molecule is CCNC(c1cc2ccccc2o1)C(OC)OC. The summed E-state index contributed by atoms with van der Waals surface area (Å²) < 4.78 is 16.5. The van der Waals surface area contributed by atoms with Crippen LogP contribution in [-0.4, -0.2) is 27.1 Å². The third-order valence-corrected chi connectivity index (χ3v) is 2.91. The number of likely N-dealkylation sites (N-methyl/N-ethyl adjacent to an activating group) is 1. The van der Waals surface area contributed by atoms with Crippen molar-refractivity contribution in [3.8, 4) is 0 Å². The zero-order valence-corrected chi connectivity index (χ0v) is 11.0. The maximum absolute atomic E-state index is 5.84. The fourth-order valence-electron chi connectivity index (χ4n) is 2.07. The predicted molar refractivity (Wildman–Crippen MR) is 70.4 cm³/mol. The van der Waals surface area contributed by atoms with Crippen molar-refractivity contribution < 1.29 is 13.9 Å². The zero-order chi connectivity index (χ0) is 13.0. The third-order valence-electron chi connectivity index (χ3n) is 2.91.